The summed E-state index contributed by atoms with van der Waals surface area (Å²) < 4.78 is 1.41. The van der Waals surface area contributed by atoms with E-state index in [1.54, 1.807) is 14.0 Å². The number of nitrogens with one attached hydrogen (secondary N) is 3. The van der Waals surface area contributed by atoms with Gasteiger partial charge in [0, 0.05) is 38.2 Å². The van der Waals surface area contributed by atoms with Crippen molar-refractivity contribution >= 4 is 59.2 Å². The predicted octanol–water partition coefficient (Wildman–Crippen LogP) is -1.28. The van der Waals surface area contributed by atoms with Crippen LogP contribution in [0.5, 0.6) is 5.75 Å². The number of thioether (sulfide) groups is 2. The third kappa shape index (κ3) is 7.63. The van der Waals surface area contributed by atoms with E-state index in [2.05, 4.69) is 31.5 Å². The first kappa shape index (κ1) is 33.1. The number of urea groups is 1. The Hall–Kier alpha value is -4.85. The van der Waals surface area contributed by atoms with Crippen LogP contribution in [0.3, 0.4) is 0 Å². The molecule has 0 saturated carbocycles. The van der Waals surface area contributed by atoms with Crippen molar-refractivity contribution in [1.82, 2.24) is 46.0 Å². The molecule has 240 valence electrons. The number of nitrogens with zero attached hydrogens (tertiary/aromatic N) is 6. The van der Waals surface area contributed by atoms with E-state index < -0.39 is 53.1 Å². The number of tetrazole rings is 1. The van der Waals surface area contributed by atoms with Crippen molar-refractivity contribution in [1.29, 1.82) is 0 Å². The topological polar surface area (TPSA) is 249 Å². The van der Waals surface area contributed by atoms with E-state index in [9.17, 15) is 44.1 Å². The van der Waals surface area contributed by atoms with Gasteiger partial charge >= 0.3 is 29.8 Å². The quantitative estimate of drug-likeness (QED) is 0.121. The molecule has 0 radical (unpaired) electrons. The zero-order valence-corrected chi connectivity index (χ0v) is 25.5. The molecule has 20 heteroatoms. The molecule has 0 spiro atoms. The highest BCUT2D eigenvalue weighted by molar-refractivity contribution is 8.00. The first-order valence-electron chi connectivity index (χ1n) is 13.3. The zero-order valence-electron chi connectivity index (χ0n) is 23.9. The van der Waals surface area contributed by atoms with Crippen LogP contribution in [-0.4, -0.2) is 124 Å². The Morgan fingerprint density at radius 3 is 2.42 bits per heavy atom. The number of aryl methyl sites for hydroxylation is 1. The maximum absolute atomic E-state index is 13.6. The third-order valence-corrected chi connectivity index (χ3v) is 9.17. The summed E-state index contributed by atoms with van der Waals surface area (Å²) in [6.45, 7) is 1.90. The Labute approximate surface area is 263 Å². The van der Waals surface area contributed by atoms with Crippen LogP contribution in [0.4, 0.5) is 4.79 Å². The number of aromatic hydroxyl groups is 1. The van der Waals surface area contributed by atoms with Crippen molar-refractivity contribution in [3.05, 3.63) is 41.1 Å². The lowest BCUT2D eigenvalue weighted by molar-refractivity contribution is -0.153. The largest absolute Gasteiger partial charge is 0.508 e. The van der Waals surface area contributed by atoms with Crippen molar-refractivity contribution in [2.75, 3.05) is 31.1 Å². The second kappa shape index (κ2) is 14.3. The van der Waals surface area contributed by atoms with E-state index in [4.69, 9.17) is 0 Å². The fourth-order valence-electron chi connectivity index (χ4n) is 4.39. The van der Waals surface area contributed by atoms with Gasteiger partial charge in [-0.25, -0.2) is 19.1 Å². The van der Waals surface area contributed by atoms with Crippen molar-refractivity contribution in [2.24, 2.45) is 7.05 Å². The number of phenolic OH excluding ortho intramolecular Hbond substituents is 1. The van der Waals surface area contributed by atoms with Crippen molar-refractivity contribution in [3.63, 3.8) is 0 Å². The average molecular weight is 664 g/mol. The Morgan fingerprint density at radius 2 is 1.82 bits per heavy atom. The molecule has 6 N–H and O–H groups in total. The molecule has 2 aliphatic rings. The van der Waals surface area contributed by atoms with Gasteiger partial charge in [0.25, 0.3) is 0 Å². The molecule has 3 unspecified atom stereocenters. The second-order valence-corrected chi connectivity index (χ2v) is 11.7. The molecule has 2 aromatic rings. The molecule has 1 fully saturated rings. The van der Waals surface area contributed by atoms with Crippen LogP contribution in [-0.2, 0) is 31.0 Å². The van der Waals surface area contributed by atoms with Crippen LogP contribution in [0.1, 0.15) is 18.5 Å². The maximum atomic E-state index is 13.6. The van der Waals surface area contributed by atoms with Gasteiger partial charge in [-0.3, -0.25) is 19.3 Å². The van der Waals surface area contributed by atoms with Gasteiger partial charge in [-0.15, -0.1) is 16.9 Å². The molecule has 0 bridgehead atoms. The molecule has 3 heterocycles. The van der Waals surface area contributed by atoms with Gasteiger partial charge in [-0.2, -0.15) is 0 Å². The lowest BCUT2D eigenvalue weighted by atomic mass is 10.1. The molecule has 3 atom stereocenters. The molecule has 45 heavy (non-hydrogen) atoms. The third-order valence-electron chi connectivity index (χ3n) is 6.81. The van der Waals surface area contributed by atoms with E-state index in [1.165, 1.54) is 45.6 Å². The summed E-state index contributed by atoms with van der Waals surface area (Å²) in [5.74, 6) is -5.66. The van der Waals surface area contributed by atoms with E-state index in [0.717, 1.165) is 11.8 Å². The first-order valence-corrected chi connectivity index (χ1v) is 15.4. The van der Waals surface area contributed by atoms with Crippen LogP contribution in [0, 0.1) is 0 Å². The number of carbonyl (C=O) groups is 6. The van der Waals surface area contributed by atoms with Gasteiger partial charge < -0.3 is 36.2 Å². The number of imide groups is 1. The number of hydrogen-bond donors (Lipinski definition) is 6. The van der Waals surface area contributed by atoms with Crippen LogP contribution in [0.2, 0.25) is 0 Å². The molecule has 2 aliphatic heterocycles. The Balaban J connectivity index is 1.53. The minimum absolute atomic E-state index is 0.0889. The van der Waals surface area contributed by atoms with Crippen LogP contribution in [0.25, 0.3) is 0 Å². The molecule has 0 aliphatic carbocycles. The maximum Gasteiger partial charge on any atom is 0.352 e. The number of carboxylic acids is 2. The lowest BCUT2D eigenvalue weighted by Crippen LogP contribution is -2.60. The zero-order chi connectivity index (χ0) is 32.8. The van der Waals surface area contributed by atoms with Crippen molar-refractivity contribution in [2.45, 2.75) is 29.5 Å². The molecular weight excluding hydrogens is 634 g/mol. The summed E-state index contributed by atoms with van der Waals surface area (Å²) in [4.78, 5) is 77.9. The van der Waals surface area contributed by atoms with Gasteiger partial charge in [0.15, 0.2) is 6.04 Å². The number of amides is 5. The number of rotatable bonds is 11. The number of benzene rings is 1. The molecular formula is C25H29N9O9S2. The number of hydrogen-bond acceptors (Lipinski definition) is 13. The molecule has 1 aromatic heterocycles. The molecule has 1 aromatic carbocycles. The van der Waals surface area contributed by atoms with Crippen LogP contribution in [0.15, 0.2) is 40.7 Å². The highest BCUT2D eigenvalue weighted by Crippen LogP contribution is 2.29. The van der Waals surface area contributed by atoms with E-state index in [-0.39, 0.29) is 48.1 Å². The Kier molecular flexibility index (Phi) is 10.5. The SMILES string of the molecule is CCN1CCN(C(=O)NC(C(=O)NC(C(=O)O)C2NC(C(=O)O)=C(CSc3nnnn3C)CS2)c2ccc(O)cc2)C(=O)C1=O. The monoisotopic (exact) mass is 663 g/mol. The summed E-state index contributed by atoms with van der Waals surface area (Å²) in [5.41, 5.74) is 0.338. The summed E-state index contributed by atoms with van der Waals surface area (Å²) in [5, 5.41) is 47.4. The fraction of sp³-hybridized carbons (Fsp3) is 0.400. The number of carboxylic acid groups (broad SMARTS) is 2. The predicted molar refractivity (Wildman–Crippen MR) is 156 cm³/mol. The molecule has 4 rings (SSSR count). The Morgan fingerprint density at radius 1 is 1.11 bits per heavy atom. The summed E-state index contributed by atoms with van der Waals surface area (Å²) in [6, 6.07) is 0.795. The van der Waals surface area contributed by atoms with E-state index in [1.807, 2.05) is 0 Å². The number of aliphatic carboxylic acids is 2. The number of aromatic nitrogens is 4. The summed E-state index contributed by atoms with van der Waals surface area (Å²) >= 11 is 2.23. The second-order valence-electron chi connectivity index (χ2n) is 9.67. The van der Waals surface area contributed by atoms with Crippen molar-refractivity contribution < 1.29 is 44.1 Å². The van der Waals surface area contributed by atoms with E-state index in [0.29, 0.717) is 15.6 Å². The normalized spacial score (nSPS) is 18.2. The molecule has 1 saturated heterocycles. The lowest BCUT2D eigenvalue weighted by Gasteiger charge is -2.34. The van der Waals surface area contributed by atoms with Gasteiger partial charge in [0.05, 0.1) is 0 Å². The highest BCUT2D eigenvalue weighted by Gasteiger charge is 2.40. The highest BCUT2D eigenvalue weighted by atomic mass is 32.2. The smallest absolute Gasteiger partial charge is 0.352 e. The standard InChI is InChI=1S/C25H29N9O9S2/c1-3-33-8-9-34(21(38)20(33)37)24(43)28-15(12-4-6-14(35)7-5-12)18(36)26-17(23(41)42)19-27-16(22(39)40)13(10-44-19)11-45-25-29-30-31-32(25)2/h4-7,15,17,19,27,35H,3,8-11H2,1-2H3,(H,26,36)(H,28,43)(H,39,40)(H,41,42). The minimum Gasteiger partial charge on any atom is -0.508 e. The van der Waals surface area contributed by atoms with Crippen molar-refractivity contribution in [3.8, 4) is 5.75 Å². The summed E-state index contributed by atoms with van der Waals surface area (Å²) in [6.07, 6.45) is 0. The molecule has 5 amide bonds. The molecule has 18 nitrogen and oxygen atoms in total. The van der Waals surface area contributed by atoms with Crippen LogP contribution < -0.4 is 16.0 Å². The van der Waals surface area contributed by atoms with Gasteiger partial charge in [0.1, 0.15) is 22.9 Å². The Bertz CT molecular complexity index is 1530. The van der Waals surface area contributed by atoms with Gasteiger partial charge in [0.2, 0.25) is 11.1 Å². The van der Waals surface area contributed by atoms with Gasteiger partial charge in [-0.05, 0) is 40.6 Å². The number of likely N-dealkylation sites (N-methyl/N-ethyl adjacent to an activating group) is 1. The number of piperazine rings is 1. The number of phenols is 1. The van der Waals surface area contributed by atoms with Gasteiger partial charge in [-0.1, -0.05) is 23.9 Å². The first-order chi connectivity index (χ1) is 21.4. The fourth-order valence-corrected chi connectivity index (χ4v) is 6.59. The van der Waals surface area contributed by atoms with E-state index >= 15 is 0 Å². The average Bonchev–Trinajstić information content (AvgIpc) is 3.43. The summed E-state index contributed by atoms with van der Waals surface area (Å²) in [7, 11) is 1.62. The minimum atomic E-state index is -1.68. The van der Waals surface area contributed by atoms with Crippen LogP contribution >= 0.6 is 23.5 Å². The number of carbonyl (C=O) groups excluding carboxylic acids is 4.